The Morgan fingerprint density at radius 3 is 2.52 bits per heavy atom. The van der Waals surface area contributed by atoms with Gasteiger partial charge in [0.1, 0.15) is 52.6 Å². The Labute approximate surface area is 229 Å². The highest BCUT2D eigenvalue weighted by molar-refractivity contribution is 6.01. The van der Waals surface area contributed by atoms with Crippen LogP contribution in [0.25, 0.3) is 22.2 Å². The van der Waals surface area contributed by atoms with Crippen LogP contribution in [0.1, 0.15) is 31.7 Å². The number of rotatable bonds is 6. The Bertz CT molecular complexity index is 1650. The lowest BCUT2D eigenvalue weighted by molar-refractivity contribution is -0.128. The van der Waals surface area contributed by atoms with Crippen LogP contribution < -0.4 is 10.5 Å². The number of carbonyl (C=O) groups excluding carboxylic acids is 1. The third-order valence-corrected chi connectivity index (χ3v) is 7.33. The summed E-state index contributed by atoms with van der Waals surface area (Å²) in [6, 6.07) is 12.1. The molecule has 1 atom stereocenters. The fraction of sp³-hybridized carbons (Fsp3) is 0.267. The summed E-state index contributed by atoms with van der Waals surface area (Å²) in [6.07, 6.45) is 8.88. The van der Waals surface area contributed by atoms with Gasteiger partial charge in [0.25, 0.3) is 5.91 Å². The number of benzene rings is 2. The van der Waals surface area contributed by atoms with Crippen LogP contribution in [0.3, 0.4) is 0 Å². The zero-order valence-corrected chi connectivity index (χ0v) is 21.6. The zero-order valence-electron chi connectivity index (χ0n) is 21.6. The van der Waals surface area contributed by atoms with Gasteiger partial charge in [0, 0.05) is 43.0 Å². The van der Waals surface area contributed by atoms with Gasteiger partial charge < -0.3 is 19.9 Å². The molecule has 2 aromatic heterocycles. The lowest BCUT2D eigenvalue weighted by atomic mass is 10.0. The van der Waals surface area contributed by atoms with E-state index in [4.69, 9.17) is 10.5 Å². The van der Waals surface area contributed by atoms with E-state index in [0.717, 1.165) is 55.0 Å². The minimum atomic E-state index is -0.722. The van der Waals surface area contributed by atoms with E-state index in [1.54, 1.807) is 23.1 Å². The monoisotopic (exact) mass is 540 g/mol. The number of ether oxygens (including phenoxy) is 1. The molecule has 1 aliphatic carbocycles. The van der Waals surface area contributed by atoms with Gasteiger partial charge >= 0.3 is 0 Å². The van der Waals surface area contributed by atoms with E-state index in [-0.39, 0.29) is 23.3 Å². The van der Waals surface area contributed by atoms with E-state index in [1.165, 1.54) is 6.33 Å². The molecular weight excluding hydrogens is 514 g/mol. The number of fused-ring (bicyclic) bond motifs is 1. The quantitative estimate of drug-likeness (QED) is 0.245. The number of hydrogen-bond donors (Lipinski definition) is 1. The Morgan fingerprint density at radius 2 is 1.82 bits per heavy atom. The molecule has 3 heterocycles. The number of hydrogen-bond acceptors (Lipinski definition) is 6. The number of piperidine rings is 1. The van der Waals surface area contributed by atoms with Crippen LogP contribution in [0, 0.1) is 28.9 Å². The molecule has 0 bridgehead atoms. The summed E-state index contributed by atoms with van der Waals surface area (Å²) in [5.41, 5.74) is 8.83. The van der Waals surface area contributed by atoms with Gasteiger partial charge in [-0.2, -0.15) is 5.26 Å². The van der Waals surface area contributed by atoms with E-state index in [9.17, 15) is 18.8 Å². The molecule has 2 N–H and O–H groups in total. The van der Waals surface area contributed by atoms with Crippen molar-refractivity contribution in [1.29, 1.82) is 5.26 Å². The number of nitrogen functional groups attached to an aromatic ring is 1. The minimum Gasteiger partial charge on any atom is -0.457 e. The smallest absolute Gasteiger partial charge is 0.264 e. The van der Waals surface area contributed by atoms with Gasteiger partial charge in [-0.3, -0.25) is 4.79 Å². The predicted molar refractivity (Wildman–Crippen MR) is 145 cm³/mol. The maximum Gasteiger partial charge on any atom is 0.264 e. The Hall–Kier alpha value is -4.78. The second kappa shape index (κ2) is 10.4. The van der Waals surface area contributed by atoms with Gasteiger partial charge in [-0.05, 0) is 49.3 Å². The summed E-state index contributed by atoms with van der Waals surface area (Å²) in [5.74, 6) is -0.531. The topological polar surface area (TPSA) is 110 Å². The lowest BCUT2D eigenvalue weighted by Gasteiger charge is -2.33. The van der Waals surface area contributed by atoms with Crippen LogP contribution in [0.5, 0.6) is 11.5 Å². The van der Waals surface area contributed by atoms with Gasteiger partial charge in [0.15, 0.2) is 0 Å². The van der Waals surface area contributed by atoms with Crippen molar-refractivity contribution < 1.29 is 18.3 Å². The highest BCUT2D eigenvalue weighted by Crippen LogP contribution is 2.37. The molecule has 8 nitrogen and oxygen atoms in total. The molecule has 2 aromatic carbocycles. The van der Waals surface area contributed by atoms with E-state index in [1.807, 2.05) is 22.9 Å². The fourth-order valence-corrected chi connectivity index (χ4v) is 5.22. The first kappa shape index (κ1) is 25.5. The number of nitriles is 1. The first-order valence-corrected chi connectivity index (χ1v) is 13.2. The fourth-order valence-electron chi connectivity index (χ4n) is 5.22. The number of anilines is 1. The molecule has 1 saturated heterocycles. The summed E-state index contributed by atoms with van der Waals surface area (Å²) >= 11 is 0. The summed E-state index contributed by atoms with van der Waals surface area (Å²) in [6.45, 7) is 1.05. The van der Waals surface area contributed by atoms with Gasteiger partial charge in [-0.1, -0.05) is 18.2 Å². The summed E-state index contributed by atoms with van der Waals surface area (Å²) in [7, 11) is 0. The molecule has 40 heavy (non-hydrogen) atoms. The number of carbonyl (C=O) groups is 1. The molecule has 10 heteroatoms. The molecule has 1 saturated carbocycles. The molecule has 0 spiro atoms. The summed E-state index contributed by atoms with van der Waals surface area (Å²) in [4.78, 5) is 23.6. The SMILES string of the molecule is N#CC(=CC1CC1)C(=O)N1CCCC(n2cc(-c3ccc(Oc4cc(F)cc(F)c4)cc3)c3c(N)ncnc32)C1. The number of likely N-dealkylation sites (tertiary alicyclic amines) is 1. The van der Waals surface area contributed by atoms with Crippen LogP contribution in [-0.2, 0) is 4.79 Å². The highest BCUT2D eigenvalue weighted by Gasteiger charge is 2.30. The average Bonchev–Trinajstić information content (AvgIpc) is 3.68. The van der Waals surface area contributed by atoms with E-state index < -0.39 is 11.6 Å². The number of amides is 1. The second-order valence-corrected chi connectivity index (χ2v) is 10.2. The highest BCUT2D eigenvalue weighted by atomic mass is 19.1. The predicted octanol–water partition coefficient (Wildman–Crippen LogP) is 5.77. The molecule has 4 aromatic rings. The first-order chi connectivity index (χ1) is 19.4. The molecule has 2 fully saturated rings. The second-order valence-electron chi connectivity index (χ2n) is 10.2. The number of nitrogens with two attached hydrogens (primary N) is 1. The summed E-state index contributed by atoms with van der Waals surface area (Å²) in [5, 5.41) is 10.3. The van der Waals surface area contributed by atoms with Crippen LogP contribution in [0.2, 0.25) is 0 Å². The van der Waals surface area contributed by atoms with Crippen molar-refractivity contribution in [3.05, 3.63) is 78.3 Å². The molecular formula is C30H26F2N6O2. The maximum atomic E-state index is 13.6. The van der Waals surface area contributed by atoms with Crippen molar-refractivity contribution >= 4 is 22.8 Å². The van der Waals surface area contributed by atoms with Gasteiger partial charge in [0.2, 0.25) is 0 Å². The largest absolute Gasteiger partial charge is 0.457 e. The molecule has 6 rings (SSSR count). The summed E-state index contributed by atoms with van der Waals surface area (Å²) < 4.78 is 34.8. The van der Waals surface area contributed by atoms with Crippen LogP contribution >= 0.6 is 0 Å². The molecule has 1 unspecified atom stereocenters. The number of allylic oxidation sites excluding steroid dienone is 1. The van der Waals surface area contributed by atoms with Gasteiger partial charge in [-0.25, -0.2) is 18.7 Å². The van der Waals surface area contributed by atoms with Crippen LogP contribution in [0.15, 0.2) is 66.6 Å². The molecule has 2 aliphatic rings. The van der Waals surface area contributed by atoms with Crippen LogP contribution in [-0.4, -0.2) is 38.4 Å². The average molecular weight is 541 g/mol. The van der Waals surface area contributed by atoms with Crippen molar-refractivity contribution in [2.75, 3.05) is 18.8 Å². The minimum absolute atomic E-state index is 0.0578. The van der Waals surface area contributed by atoms with E-state index >= 15 is 0 Å². The Balaban J connectivity index is 1.29. The molecule has 1 aliphatic heterocycles. The van der Waals surface area contributed by atoms with E-state index in [0.29, 0.717) is 41.6 Å². The Kier molecular flexibility index (Phi) is 6.64. The number of halogens is 2. The van der Waals surface area contributed by atoms with Gasteiger partial charge in [-0.15, -0.1) is 0 Å². The van der Waals surface area contributed by atoms with Gasteiger partial charge in [0.05, 0.1) is 11.4 Å². The normalized spacial score (nSPS) is 17.6. The number of nitrogens with zero attached hydrogens (tertiary/aromatic N) is 5. The maximum absolute atomic E-state index is 13.6. The zero-order chi connectivity index (χ0) is 27.8. The number of aromatic nitrogens is 3. The van der Waals surface area contributed by atoms with Crippen LogP contribution in [0.4, 0.5) is 14.6 Å². The third-order valence-electron chi connectivity index (χ3n) is 7.33. The molecule has 202 valence electrons. The van der Waals surface area contributed by atoms with Crippen molar-refractivity contribution in [2.45, 2.75) is 31.7 Å². The van der Waals surface area contributed by atoms with Crippen molar-refractivity contribution in [3.63, 3.8) is 0 Å². The molecule has 1 amide bonds. The van der Waals surface area contributed by atoms with E-state index in [2.05, 4.69) is 16.0 Å². The van der Waals surface area contributed by atoms with Crippen molar-refractivity contribution in [3.8, 4) is 28.7 Å². The standard InChI is InChI=1S/C30H26F2N6O2/c31-21-11-22(32)13-25(12-21)40-24-7-5-19(6-8-24)26-16-38(29-27(26)28(34)35-17-36-29)23-2-1-9-37(15-23)30(39)20(14-33)10-18-3-4-18/h5-8,10-13,16-18,23H,1-4,9,15H2,(H2,34,35,36). The first-order valence-electron chi connectivity index (χ1n) is 13.2. The lowest BCUT2D eigenvalue weighted by Crippen LogP contribution is -2.41. The third kappa shape index (κ3) is 5.10. The van der Waals surface area contributed by atoms with Crippen molar-refractivity contribution in [2.24, 2.45) is 5.92 Å². The van der Waals surface area contributed by atoms with Crippen molar-refractivity contribution in [1.82, 2.24) is 19.4 Å². The Morgan fingerprint density at radius 1 is 1.07 bits per heavy atom. The molecule has 0 radical (unpaired) electrons.